The highest BCUT2D eigenvalue weighted by Gasteiger charge is 2.11. The highest BCUT2D eigenvalue weighted by Crippen LogP contribution is 2.20. The predicted octanol–water partition coefficient (Wildman–Crippen LogP) is 0.545. The normalized spacial score (nSPS) is 11.1. The summed E-state index contributed by atoms with van der Waals surface area (Å²) < 4.78 is 27.1. The summed E-state index contributed by atoms with van der Waals surface area (Å²) >= 11 is 0. The van der Waals surface area contributed by atoms with Gasteiger partial charge >= 0.3 is 0 Å². The zero-order valence-electron chi connectivity index (χ0n) is 8.14. The molecule has 0 aliphatic carbocycles. The first-order valence-electron chi connectivity index (χ1n) is 4.24. The van der Waals surface area contributed by atoms with Crippen LogP contribution in [0.2, 0.25) is 0 Å². The predicted molar refractivity (Wildman–Crippen MR) is 54.4 cm³/mol. The fourth-order valence-corrected chi connectivity index (χ4v) is 1.63. The van der Waals surface area contributed by atoms with Crippen molar-refractivity contribution >= 4 is 16.3 Å². The molecule has 1 aromatic carbocycles. The van der Waals surface area contributed by atoms with Gasteiger partial charge < -0.3 is 4.74 Å². The second-order valence-corrected chi connectivity index (χ2v) is 4.36. The molecule has 2 N–H and O–H groups in total. The summed E-state index contributed by atoms with van der Waals surface area (Å²) in [7, 11) is -3.78. The topological polar surface area (TPSA) is 86.5 Å². The fourth-order valence-electron chi connectivity index (χ4n) is 1.08. The molecule has 0 aromatic heterocycles. The number of primary sulfonamides is 1. The Hall–Kier alpha value is -1.40. The van der Waals surface area contributed by atoms with Crippen LogP contribution in [0.15, 0.2) is 23.1 Å². The van der Waals surface area contributed by atoms with Gasteiger partial charge in [-0.2, -0.15) is 0 Å². The Balaban J connectivity index is 3.25. The Bertz CT molecular complexity index is 467. The Labute approximate surface area is 87.9 Å². The minimum absolute atomic E-state index is 0.104. The van der Waals surface area contributed by atoms with Gasteiger partial charge in [-0.25, -0.2) is 13.6 Å². The lowest BCUT2D eigenvalue weighted by atomic mass is 10.2. The van der Waals surface area contributed by atoms with Gasteiger partial charge in [0.2, 0.25) is 10.0 Å². The van der Waals surface area contributed by atoms with Gasteiger partial charge in [0.25, 0.3) is 0 Å². The van der Waals surface area contributed by atoms with Gasteiger partial charge in [0.15, 0.2) is 6.29 Å². The summed E-state index contributed by atoms with van der Waals surface area (Å²) in [6.45, 7) is 2.16. The van der Waals surface area contributed by atoms with E-state index in [9.17, 15) is 13.2 Å². The number of benzene rings is 1. The third-order valence-electron chi connectivity index (χ3n) is 1.74. The highest BCUT2D eigenvalue weighted by atomic mass is 32.2. The largest absolute Gasteiger partial charge is 0.493 e. The summed E-state index contributed by atoms with van der Waals surface area (Å²) in [5.74, 6) is 0.347. The van der Waals surface area contributed by atoms with Crippen molar-refractivity contribution in [3.8, 4) is 5.75 Å². The molecule has 0 spiro atoms. The molecule has 0 saturated carbocycles. The molecule has 1 rings (SSSR count). The smallest absolute Gasteiger partial charge is 0.238 e. The van der Waals surface area contributed by atoms with Crippen molar-refractivity contribution in [2.45, 2.75) is 11.8 Å². The minimum atomic E-state index is -3.78. The van der Waals surface area contributed by atoms with Gasteiger partial charge in [0.1, 0.15) is 5.75 Å². The molecule has 0 bridgehead atoms. The monoisotopic (exact) mass is 229 g/mol. The molecule has 6 heteroatoms. The zero-order chi connectivity index (χ0) is 11.5. The fraction of sp³-hybridized carbons (Fsp3) is 0.222. The third-order valence-corrected chi connectivity index (χ3v) is 2.65. The van der Waals surface area contributed by atoms with Crippen LogP contribution >= 0.6 is 0 Å². The summed E-state index contributed by atoms with van der Waals surface area (Å²) in [6.07, 6.45) is 0.527. The molecular formula is C9H11NO4S. The molecule has 82 valence electrons. The van der Waals surface area contributed by atoms with E-state index in [-0.39, 0.29) is 10.5 Å². The van der Waals surface area contributed by atoms with Crippen molar-refractivity contribution in [2.24, 2.45) is 5.14 Å². The molecule has 1 aromatic rings. The second kappa shape index (κ2) is 4.41. The lowest BCUT2D eigenvalue weighted by molar-refractivity contribution is 0.111. The van der Waals surface area contributed by atoms with Crippen molar-refractivity contribution in [2.75, 3.05) is 6.61 Å². The average molecular weight is 229 g/mol. The van der Waals surface area contributed by atoms with Crippen LogP contribution in [-0.2, 0) is 10.0 Å². The van der Waals surface area contributed by atoms with Crippen LogP contribution in [0.4, 0.5) is 0 Å². The van der Waals surface area contributed by atoms with Crippen molar-refractivity contribution in [3.63, 3.8) is 0 Å². The number of ether oxygens (including phenoxy) is 1. The molecule has 0 atom stereocenters. The highest BCUT2D eigenvalue weighted by molar-refractivity contribution is 7.89. The number of carbonyl (C=O) groups excluding carboxylic acids is 1. The van der Waals surface area contributed by atoms with E-state index in [2.05, 4.69) is 0 Å². The van der Waals surface area contributed by atoms with Gasteiger partial charge in [-0.15, -0.1) is 0 Å². The summed E-state index contributed by atoms with van der Waals surface area (Å²) in [6, 6.07) is 3.90. The average Bonchev–Trinajstić information content (AvgIpc) is 2.17. The Morgan fingerprint density at radius 1 is 1.47 bits per heavy atom. The van der Waals surface area contributed by atoms with E-state index in [0.29, 0.717) is 18.6 Å². The number of aldehydes is 1. The number of hydrogen-bond donors (Lipinski definition) is 1. The first kappa shape index (κ1) is 11.7. The molecule has 0 saturated heterocycles. The maximum atomic E-state index is 11.0. The van der Waals surface area contributed by atoms with Gasteiger partial charge in [-0.3, -0.25) is 4.79 Å². The molecule has 0 aliphatic heterocycles. The summed E-state index contributed by atoms with van der Waals surface area (Å²) in [5.41, 5.74) is 0.170. The van der Waals surface area contributed by atoms with Crippen molar-refractivity contribution < 1.29 is 17.9 Å². The maximum absolute atomic E-state index is 11.0. The Morgan fingerprint density at radius 3 is 2.60 bits per heavy atom. The van der Waals surface area contributed by atoms with E-state index < -0.39 is 10.0 Å². The second-order valence-electron chi connectivity index (χ2n) is 2.80. The minimum Gasteiger partial charge on any atom is -0.493 e. The third kappa shape index (κ3) is 2.77. The molecule has 0 amide bonds. The van der Waals surface area contributed by atoms with Gasteiger partial charge in [0, 0.05) is 0 Å². The summed E-state index contributed by atoms with van der Waals surface area (Å²) in [5, 5.41) is 4.92. The van der Waals surface area contributed by atoms with Gasteiger partial charge in [-0.05, 0) is 25.1 Å². The molecular weight excluding hydrogens is 218 g/mol. The lowest BCUT2D eigenvalue weighted by Crippen LogP contribution is -2.12. The van der Waals surface area contributed by atoms with Crippen LogP contribution in [0.3, 0.4) is 0 Å². The molecule has 0 unspecified atom stereocenters. The van der Waals surface area contributed by atoms with Crippen molar-refractivity contribution in [1.29, 1.82) is 0 Å². The van der Waals surface area contributed by atoms with E-state index in [1.54, 1.807) is 6.92 Å². The molecule has 0 aliphatic rings. The van der Waals surface area contributed by atoms with Gasteiger partial charge in [-0.1, -0.05) is 0 Å². The van der Waals surface area contributed by atoms with Crippen molar-refractivity contribution in [1.82, 2.24) is 0 Å². The Kier molecular flexibility index (Phi) is 3.43. The number of nitrogens with two attached hydrogens (primary N) is 1. The van der Waals surface area contributed by atoms with Crippen LogP contribution in [-0.4, -0.2) is 21.3 Å². The van der Waals surface area contributed by atoms with E-state index in [0.717, 1.165) is 0 Å². The molecule has 5 nitrogen and oxygen atoms in total. The van der Waals surface area contributed by atoms with Crippen LogP contribution in [0.25, 0.3) is 0 Å². The number of rotatable bonds is 4. The van der Waals surface area contributed by atoms with E-state index in [1.165, 1.54) is 18.2 Å². The number of carbonyl (C=O) groups is 1. The summed E-state index contributed by atoms with van der Waals surface area (Å²) in [4.78, 5) is 10.6. The van der Waals surface area contributed by atoms with E-state index >= 15 is 0 Å². The number of sulfonamides is 1. The van der Waals surface area contributed by atoms with E-state index in [1.807, 2.05) is 0 Å². The maximum Gasteiger partial charge on any atom is 0.238 e. The molecule has 0 heterocycles. The first-order chi connectivity index (χ1) is 6.99. The SMILES string of the molecule is CCOc1ccc(S(N)(=O)=O)cc1C=O. The molecule has 0 fully saturated rings. The van der Waals surface area contributed by atoms with Crippen LogP contribution in [0.1, 0.15) is 17.3 Å². The quantitative estimate of drug-likeness (QED) is 0.763. The lowest BCUT2D eigenvalue weighted by Gasteiger charge is -2.06. The van der Waals surface area contributed by atoms with Crippen LogP contribution in [0.5, 0.6) is 5.75 Å². The zero-order valence-corrected chi connectivity index (χ0v) is 8.95. The van der Waals surface area contributed by atoms with Crippen molar-refractivity contribution in [3.05, 3.63) is 23.8 Å². The van der Waals surface area contributed by atoms with Crippen LogP contribution < -0.4 is 9.88 Å². The molecule has 0 radical (unpaired) electrons. The standard InChI is InChI=1S/C9H11NO4S/c1-2-14-9-4-3-8(15(10,12)13)5-7(9)6-11/h3-6H,2H2,1H3,(H2,10,12,13). The van der Waals surface area contributed by atoms with Crippen LogP contribution in [0, 0.1) is 0 Å². The Morgan fingerprint density at radius 2 is 2.13 bits per heavy atom. The van der Waals surface area contributed by atoms with Gasteiger partial charge in [0.05, 0.1) is 17.1 Å². The molecule has 15 heavy (non-hydrogen) atoms. The first-order valence-corrected chi connectivity index (χ1v) is 5.78. The van der Waals surface area contributed by atoms with E-state index in [4.69, 9.17) is 9.88 Å². The number of hydrogen-bond acceptors (Lipinski definition) is 4.